The predicted molar refractivity (Wildman–Crippen MR) is 103 cm³/mol. The van der Waals surface area contributed by atoms with Crippen LogP contribution >= 0.6 is 0 Å². The Balaban J connectivity index is 2.11. The van der Waals surface area contributed by atoms with Gasteiger partial charge in [0.2, 0.25) is 5.91 Å². The molecule has 0 radical (unpaired) electrons. The van der Waals surface area contributed by atoms with Crippen molar-refractivity contribution in [2.75, 3.05) is 33.4 Å². The van der Waals surface area contributed by atoms with Crippen molar-refractivity contribution in [1.82, 2.24) is 16.0 Å². The van der Waals surface area contributed by atoms with Gasteiger partial charge in [0.15, 0.2) is 18.1 Å². The van der Waals surface area contributed by atoms with Crippen LogP contribution in [0.1, 0.15) is 27.2 Å². The number of benzene rings is 1. The molecular weight excluding hydrogens is 366 g/mol. The molecule has 0 unspecified atom stereocenters. The van der Waals surface area contributed by atoms with E-state index in [2.05, 4.69) is 16.0 Å². The van der Waals surface area contributed by atoms with E-state index in [9.17, 15) is 14.4 Å². The van der Waals surface area contributed by atoms with Crippen molar-refractivity contribution in [1.29, 1.82) is 0 Å². The molecular formula is C19H29N3O6. The summed E-state index contributed by atoms with van der Waals surface area (Å²) in [6, 6.07) is 7.03. The molecule has 1 aromatic rings. The Morgan fingerprint density at radius 2 is 1.50 bits per heavy atom. The number of hydrogen-bond acceptors (Lipinski definition) is 6. The summed E-state index contributed by atoms with van der Waals surface area (Å²) >= 11 is 0. The van der Waals surface area contributed by atoms with Gasteiger partial charge in [0, 0.05) is 26.1 Å². The van der Waals surface area contributed by atoms with E-state index in [4.69, 9.17) is 14.2 Å². The van der Waals surface area contributed by atoms with Crippen LogP contribution in [0.2, 0.25) is 0 Å². The largest absolute Gasteiger partial charge is 0.493 e. The van der Waals surface area contributed by atoms with E-state index in [-0.39, 0.29) is 44.5 Å². The van der Waals surface area contributed by atoms with Gasteiger partial charge < -0.3 is 30.2 Å². The maximum Gasteiger partial charge on any atom is 0.407 e. The molecule has 0 aliphatic heterocycles. The van der Waals surface area contributed by atoms with Gasteiger partial charge in [0.25, 0.3) is 5.91 Å². The molecule has 0 aliphatic carbocycles. The molecule has 28 heavy (non-hydrogen) atoms. The molecule has 156 valence electrons. The second-order valence-corrected chi connectivity index (χ2v) is 6.82. The summed E-state index contributed by atoms with van der Waals surface area (Å²) in [5.74, 6) is 0.468. The van der Waals surface area contributed by atoms with Crippen LogP contribution in [0, 0.1) is 0 Å². The van der Waals surface area contributed by atoms with E-state index in [1.54, 1.807) is 45.0 Å². The highest BCUT2D eigenvalue weighted by atomic mass is 16.6. The maximum atomic E-state index is 11.8. The van der Waals surface area contributed by atoms with Crippen LogP contribution in [0.5, 0.6) is 11.5 Å². The predicted octanol–water partition coefficient (Wildman–Crippen LogP) is 1.22. The maximum absolute atomic E-state index is 11.8. The van der Waals surface area contributed by atoms with Gasteiger partial charge >= 0.3 is 6.09 Å². The summed E-state index contributed by atoms with van der Waals surface area (Å²) in [4.78, 5) is 34.9. The molecule has 9 heteroatoms. The summed E-state index contributed by atoms with van der Waals surface area (Å²) in [5.41, 5.74) is -0.583. The number of carbonyl (C=O) groups excluding carboxylic acids is 3. The topological polar surface area (TPSA) is 115 Å². The van der Waals surface area contributed by atoms with Gasteiger partial charge in [0.05, 0.1) is 7.11 Å². The van der Waals surface area contributed by atoms with Crippen molar-refractivity contribution >= 4 is 17.9 Å². The number of ether oxygens (including phenoxy) is 3. The fourth-order valence-corrected chi connectivity index (χ4v) is 2.02. The smallest absolute Gasteiger partial charge is 0.407 e. The minimum atomic E-state index is -0.583. The third kappa shape index (κ3) is 10.2. The number of nitrogens with one attached hydrogen (secondary N) is 3. The van der Waals surface area contributed by atoms with E-state index in [1.165, 1.54) is 7.11 Å². The number of methoxy groups -OCH3 is 1. The monoisotopic (exact) mass is 395 g/mol. The molecule has 0 spiro atoms. The molecule has 3 N–H and O–H groups in total. The lowest BCUT2D eigenvalue weighted by Crippen LogP contribution is -2.38. The lowest BCUT2D eigenvalue weighted by molar-refractivity contribution is -0.124. The first kappa shape index (κ1) is 23.1. The molecule has 9 nitrogen and oxygen atoms in total. The molecule has 0 atom stereocenters. The molecule has 3 amide bonds. The van der Waals surface area contributed by atoms with Crippen LogP contribution < -0.4 is 25.4 Å². The van der Waals surface area contributed by atoms with E-state index >= 15 is 0 Å². The van der Waals surface area contributed by atoms with Crippen molar-refractivity contribution in [2.24, 2.45) is 0 Å². The third-order valence-electron chi connectivity index (χ3n) is 3.22. The van der Waals surface area contributed by atoms with Gasteiger partial charge in [0.1, 0.15) is 5.60 Å². The van der Waals surface area contributed by atoms with Gasteiger partial charge in [-0.25, -0.2) is 4.79 Å². The molecule has 0 fully saturated rings. The molecule has 0 saturated carbocycles. The van der Waals surface area contributed by atoms with E-state index < -0.39 is 11.7 Å². The minimum Gasteiger partial charge on any atom is -0.493 e. The van der Waals surface area contributed by atoms with Crippen molar-refractivity contribution in [3.8, 4) is 11.5 Å². The summed E-state index contributed by atoms with van der Waals surface area (Å²) in [6.07, 6.45) is -0.452. The van der Waals surface area contributed by atoms with Crippen molar-refractivity contribution in [3.05, 3.63) is 24.3 Å². The molecule has 1 aromatic carbocycles. The Hall–Kier alpha value is -2.97. The number of amides is 3. The lowest BCUT2D eigenvalue weighted by atomic mass is 10.2. The Bertz CT molecular complexity index is 657. The van der Waals surface area contributed by atoms with E-state index in [0.29, 0.717) is 11.5 Å². The highest BCUT2D eigenvalue weighted by molar-refractivity contribution is 5.78. The van der Waals surface area contributed by atoms with E-state index in [1.807, 2.05) is 0 Å². The first-order valence-electron chi connectivity index (χ1n) is 8.97. The van der Waals surface area contributed by atoms with Crippen LogP contribution in [-0.2, 0) is 14.3 Å². The summed E-state index contributed by atoms with van der Waals surface area (Å²) in [7, 11) is 1.52. The Morgan fingerprint density at radius 3 is 2.11 bits per heavy atom. The Kier molecular flexibility index (Phi) is 9.63. The SMILES string of the molecule is COc1ccccc1OCC(=O)NCCNC(=O)CCNC(=O)OC(C)(C)C. The second kappa shape index (κ2) is 11.7. The van der Waals surface area contributed by atoms with Crippen LogP contribution in [0.3, 0.4) is 0 Å². The Morgan fingerprint density at radius 1 is 0.893 bits per heavy atom. The first-order chi connectivity index (χ1) is 13.2. The highest BCUT2D eigenvalue weighted by Gasteiger charge is 2.15. The van der Waals surface area contributed by atoms with Gasteiger partial charge in [-0.2, -0.15) is 0 Å². The quantitative estimate of drug-likeness (QED) is 0.513. The zero-order valence-corrected chi connectivity index (χ0v) is 16.8. The molecule has 0 aromatic heterocycles. The lowest BCUT2D eigenvalue weighted by Gasteiger charge is -2.19. The summed E-state index contributed by atoms with van der Waals surface area (Å²) in [5, 5.41) is 7.78. The number of rotatable bonds is 10. The summed E-state index contributed by atoms with van der Waals surface area (Å²) < 4.78 is 15.6. The zero-order chi connectivity index (χ0) is 21.0. The van der Waals surface area contributed by atoms with Gasteiger partial charge in [-0.1, -0.05) is 12.1 Å². The normalized spacial score (nSPS) is 10.6. The second-order valence-electron chi connectivity index (χ2n) is 6.82. The molecule has 0 heterocycles. The minimum absolute atomic E-state index is 0.115. The highest BCUT2D eigenvalue weighted by Crippen LogP contribution is 2.25. The van der Waals surface area contributed by atoms with Crippen molar-refractivity contribution < 1.29 is 28.6 Å². The van der Waals surface area contributed by atoms with Crippen LogP contribution in [0.15, 0.2) is 24.3 Å². The summed E-state index contributed by atoms with van der Waals surface area (Å²) in [6.45, 7) is 5.82. The number of carbonyl (C=O) groups is 3. The van der Waals surface area contributed by atoms with Gasteiger partial charge in [-0.05, 0) is 32.9 Å². The zero-order valence-electron chi connectivity index (χ0n) is 16.8. The standard InChI is InChI=1S/C19H29N3O6/c1-19(2,3)28-18(25)22-10-9-16(23)20-11-12-21-17(24)13-27-15-8-6-5-7-14(15)26-4/h5-8H,9-13H2,1-4H3,(H,20,23)(H,21,24)(H,22,25). The number of hydrogen-bond donors (Lipinski definition) is 3. The average Bonchev–Trinajstić information content (AvgIpc) is 2.62. The van der Waals surface area contributed by atoms with Crippen molar-refractivity contribution in [2.45, 2.75) is 32.8 Å². The molecule has 0 bridgehead atoms. The number of alkyl carbamates (subject to hydrolysis) is 1. The average molecular weight is 395 g/mol. The Labute approximate surface area is 165 Å². The third-order valence-corrected chi connectivity index (χ3v) is 3.22. The van der Waals surface area contributed by atoms with Crippen LogP contribution in [0.25, 0.3) is 0 Å². The van der Waals surface area contributed by atoms with Crippen LogP contribution in [-0.4, -0.2) is 56.9 Å². The molecule has 0 aliphatic rings. The van der Waals surface area contributed by atoms with Crippen molar-refractivity contribution in [3.63, 3.8) is 0 Å². The van der Waals surface area contributed by atoms with Crippen LogP contribution in [0.4, 0.5) is 4.79 Å². The molecule has 0 saturated heterocycles. The van der Waals surface area contributed by atoms with Gasteiger partial charge in [-0.3, -0.25) is 9.59 Å². The van der Waals surface area contributed by atoms with E-state index in [0.717, 1.165) is 0 Å². The van der Waals surface area contributed by atoms with Gasteiger partial charge in [-0.15, -0.1) is 0 Å². The fraction of sp³-hybridized carbons (Fsp3) is 0.526. The first-order valence-corrected chi connectivity index (χ1v) is 8.97. The molecule has 1 rings (SSSR count). The fourth-order valence-electron chi connectivity index (χ4n) is 2.02. The number of para-hydroxylation sites is 2.